The standard InChI is InChI=1S/C7H13NO3/c1-5(9)7(11)8-3-2-6(10)4-8/h5-6,9-10H,2-4H2,1H3/t5?,6-/m0/s1. The number of carbonyl (C=O) groups excluding carboxylic acids is 1. The second-order valence-electron chi connectivity index (χ2n) is 2.90. The van der Waals surface area contributed by atoms with Gasteiger partial charge in [0.2, 0.25) is 0 Å². The molecule has 1 aliphatic heterocycles. The maximum Gasteiger partial charge on any atom is 0.251 e. The van der Waals surface area contributed by atoms with Crippen LogP contribution in [0.25, 0.3) is 0 Å². The van der Waals surface area contributed by atoms with Gasteiger partial charge in [0.1, 0.15) is 6.10 Å². The summed E-state index contributed by atoms with van der Waals surface area (Å²) >= 11 is 0. The van der Waals surface area contributed by atoms with Crippen molar-refractivity contribution in [2.75, 3.05) is 13.1 Å². The minimum Gasteiger partial charge on any atom is -0.391 e. The molecule has 0 saturated carbocycles. The Balaban J connectivity index is 2.43. The van der Waals surface area contributed by atoms with Gasteiger partial charge in [-0.1, -0.05) is 0 Å². The van der Waals surface area contributed by atoms with Gasteiger partial charge in [0.05, 0.1) is 6.10 Å². The van der Waals surface area contributed by atoms with Crippen molar-refractivity contribution >= 4 is 5.91 Å². The Morgan fingerprint density at radius 3 is 2.73 bits per heavy atom. The molecule has 0 spiro atoms. The largest absolute Gasteiger partial charge is 0.391 e. The zero-order valence-corrected chi connectivity index (χ0v) is 6.53. The van der Waals surface area contributed by atoms with Crippen molar-refractivity contribution in [3.63, 3.8) is 0 Å². The summed E-state index contributed by atoms with van der Waals surface area (Å²) in [5.41, 5.74) is 0. The van der Waals surface area contributed by atoms with Crippen LogP contribution < -0.4 is 0 Å². The molecular weight excluding hydrogens is 146 g/mol. The van der Waals surface area contributed by atoms with Crippen LogP contribution in [0.3, 0.4) is 0 Å². The van der Waals surface area contributed by atoms with Gasteiger partial charge < -0.3 is 15.1 Å². The molecule has 2 N–H and O–H groups in total. The van der Waals surface area contributed by atoms with Crippen molar-refractivity contribution in [1.82, 2.24) is 4.90 Å². The Bertz CT molecular complexity index is 158. The van der Waals surface area contributed by atoms with Crippen LogP contribution in [-0.4, -0.2) is 46.3 Å². The monoisotopic (exact) mass is 159 g/mol. The van der Waals surface area contributed by atoms with Crippen LogP contribution in [0.2, 0.25) is 0 Å². The molecule has 1 heterocycles. The molecule has 1 saturated heterocycles. The van der Waals surface area contributed by atoms with Crippen LogP contribution in [0.5, 0.6) is 0 Å². The summed E-state index contributed by atoms with van der Waals surface area (Å²) in [7, 11) is 0. The average molecular weight is 159 g/mol. The summed E-state index contributed by atoms with van der Waals surface area (Å²) in [6.07, 6.45) is -0.726. The van der Waals surface area contributed by atoms with Crippen LogP contribution in [0.1, 0.15) is 13.3 Å². The van der Waals surface area contributed by atoms with Gasteiger partial charge in [0, 0.05) is 13.1 Å². The molecule has 1 amide bonds. The van der Waals surface area contributed by atoms with Gasteiger partial charge >= 0.3 is 0 Å². The highest BCUT2D eigenvalue weighted by Crippen LogP contribution is 2.09. The molecule has 1 fully saturated rings. The van der Waals surface area contributed by atoms with Crippen LogP contribution in [0.4, 0.5) is 0 Å². The molecule has 0 aromatic rings. The molecule has 4 heteroatoms. The number of rotatable bonds is 1. The number of β-amino-alcohol motifs (C(OH)–C–C–N with tert-alkyl or cyclic N) is 1. The van der Waals surface area contributed by atoms with Crippen molar-refractivity contribution in [3.05, 3.63) is 0 Å². The molecule has 1 unspecified atom stereocenters. The summed E-state index contributed by atoms with van der Waals surface area (Å²) in [5.74, 6) is -0.290. The highest BCUT2D eigenvalue weighted by atomic mass is 16.3. The molecule has 0 bridgehead atoms. The van der Waals surface area contributed by atoms with Crippen LogP contribution >= 0.6 is 0 Å². The van der Waals surface area contributed by atoms with Crippen molar-refractivity contribution in [1.29, 1.82) is 0 Å². The van der Waals surface area contributed by atoms with Crippen LogP contribution in [0.15, 0.2) is 0 Å². The van der Waals surface area contributed by atoms with E-state index in [4.69, 9.17) is 10.2 Å². The third kappa shape index (κ3) is 1.91. The normalized spacial score (nSPS) is 27.2. The van der Waals surface area contributed by atoms with Gasteiger partial charge in [0.15, 0.2) is 0 Å². The van der Waals surface area contributed by atoms with E-state index < -0.39 is 12.2 Å². The molecular formula is C7H13NO3. The van der Waals surface area contributed by atoms with Gasteiger partial charge in [-0.2, -0.15) is 0 Å². The molecule has 0 aromatic heterocycles. The first-order chi connectivity index (χ1) is 5.11. The average Bonchev–Trinajstić information content (AvgIpc) is 2.34. The van der Waals surface area contributed by atoms with Crippen molar-refractivity contribution < 1.29 is 15.0 Å². The van der Waals surface area contributed by atoms with Crippen LogP contribution in [0, 0.1) is 0 Å². The Labute approximate surface area is 65.4 Å². The van der Waals surface area contributed by atoms with Gasteiger partial charge in [0.25, 0.3) is 5.91 Å². The number of aliphatic hydroxyl groups excluding tert-OH is 2. The molecule has 64 valence electrons. The zero-order valence-electron chi connectivity index (χ0n) is 6.53. The molecule has 4 nitrogen and oxygen atoms in total. The SMILES string of the molecule is CC(O)C(=O)N1CC[C@H](O)C1. The number of likely N-dealkylation sites (tertiary alicyclic amines) is 1. The zero-order chi connectivity index (χ0) is 8.43. The Morgan fingerprint density at radius 2 is 2.36 bits per heavy atom. The number of amides is 1. The lowest BCUT2D eigenvalue weighted by Crippen LogP contribution is -2.36. The maximum atomic E-state index is 11.1. The summed E-state index contributed by atoms with van der Waals surface area (Å²) in [6, 6.07) is 0. The van der Waals surface area contributed by atoms with Gasteiger partial charge in [-0.15, -0.1) is 0 Å². The summed E-state index contributed by atoms with van der Waals surface area (Å²) < 4.78 is 0. The highest BCUT2D eigenvalue weighted by Gasteiger charge is 2.26. The predicted octanol–water partition coefficient (Wildman–Crippen LogP) is -1.04. The molecule has 0 aliphatic carbocycles. The van der Waals surface area contributed by atoms with E-state index >= 15 is 0 Å². The van der Waals surface area contributed by atoms with Crippen molar-refractivity contribution in [2.45, 2.75) is 25.6 Å². The Hall–Kier alpha value is -0.610. The lowest BCUT2D eigenvalue weighted by atomic mass is 10.3. The number of hydrogen-bond acceptors (Lipinski definition) is 3. The van der Waals surface area contributed by atoms with Crippen molar-refractivity contribution in [3.8, 4) is 0 Å². The van der Waals surface area contributed by atoms with Crippen LogP contribution in [-0.2, 0) is 4.79 Å². The smallest absolute Gasteiger partial charge is 0.251 e. The first kappa shape index (κ1) is 8.49. The lowest BCUT2D eigenvalue weighted by molar-refractivity contribution is -0.138. The fraction of sp³-hybridized carbons (Fsp3) is 0.857. The van der Waals surface area contributed by atoms with E-state index in [-0.39, 0.29) is 5.91 Å². The molecule has 0 aromatic carbocycles. The Morgan fingerprint density at radius 1 is 1.73 bits per heavy atom. The van der Waals surface area contributed by atoms with E-state index in [1.807, 2.05) is 0 Å². The van der Waals surface area contributed by atoms with E-state index in [0.717, 1.165) is 0 Å². The lowest BCUT2D eigenvalue weighted by Gasteiger charge is -2.16. The number of aliphatic hydroxyl groups is 2. The molecule has 1 rings (SSSR count). The van der Waals surface area contributed by atoms with E-state index in [9.17, 15) is 4.79 Å². The van der Waals surface area contributed by atoms with Gasteiger partial charge in [-0.25, -0.2) is 0 Å². The summed E-state index contributed by atoms with van der Waals surface area (Å²) in [5, 5.41) is 17.9. The third-order valence-corrected chi connectivity index (χ3v) is 1.83. The first-order valence-electron chi connectivity index (χ1n) is 3.76. The second-order valence-corrected chi connectivity index (χ2v) is 2.90. The molecule has 0 radical (unpaired) electrons. The number of nitrogens with zero attached hydrogens (tertiary/aromatic N) is 1. The Kier molecular flexibility index (Phi) is 2.46. The minimum atomic E-state index is -0.944. The van der Waals surface area contributed by atoms with E-state index in [2.05, 4.69) is 0 Å². The maximum absolute atomic E-state index is 11.1. The highest BCUT2D eigenvalue weighted by molar-refractivity contribution is 5.80. The van der Waals surface area contributed by atoms with Crippen molar-refractivity contribution in [2.24, 2.45) is 0 Å². The molecule has 1 aliphatic rings. The molecule has 11 heavy (non-hydrogen) atoms. The third-order valence-electron chi connectivity index (χ3n) is 1.83. The predicted molar refractivity (Wildman–Crippen MR) is 38.9 cm³/mol. The van der Waals surface area contributed by atoms with Gasteiger partial charge in [-0.3, -0.25) is 4.79 Å². The van der Waals surface area contributed by atoms with E-state index in [1.54, 1.807) is 0 Å². The number of carbonyl (C=O) groups is 1. The van der Waals surface area contributed by atoms with Gasteiger partial charge in [-0.05, 0) is 13.3 Å². The van der Waals surface area contributed by atoms with E-state index in [1.165, 1.54) is 11.8 Å². The molecule has 2 atom stereocenters. The quantitative estimate of drug-likeness (QED) is 0.514. The number of hydrogen-bond donors (Lipinski definition) is 2. The minimum absolute atomic E-state index is 0.290. The van der Waals surface area contributed by atoms with E-state index in [0.29, 0.717) is 19.5 Å². The summed E-state index contributed by atoms with van der Waals surface area (Å²) in [4.78, 5) is 12.5. The second kappa shape index (κ2) is 3.19. The summed E-state index contributed by atoms with van der Waals surface area (Å²) in [6.45, 7) is 2.36. The topological polar surface area (TPSA) is 60.8 Å². The first-order valence-corrected chi connectivity index (χ1v) is 3.76. The fourth-order valence-corrected chi connectivity index (χ4v) is 1.21. The fourth-order valence-electron chi connectivity index (χ4n) is 1.21.